The van der Waals surface area contributed by atoms with E-state index in [9.17, 15) is 38.4 Å². The SMILES string of the molecule is CC(NC(=O)C(C)(C)N)C(=O)NC(C)(C)C(=O)NC(Cc1ccc2ccccc2c1)C(=O)NC(C)(C)C(=O)NC(Cc1ccc(C(=O)c2ccccc2)cc1)C(=O)NC(C)(C)C=O. The molecule has 3 unspecified atom stereocenters. The number of ketones is 1. The summed E-state index contributed by atoms with van der Waals surface area (Å²) >= 11 is 0. The molecule has 0 fully saturated rings. The number of hydrogen-bond donors (Lipinski definition) is 7. The summed E-state index contributed by atoms with van der Waals surface area (Å²) in [6.45, 7) is 13.2. The second-order valence-electron chi connectivity index (χ2n) is 18.0. The van der Waals surface area contributed by atoms with Crippen LogP contribution in [0.5, 0.6) is 0 Å². The molecule has 3 atom stereocenters. The Morgan fingerprint density at radius 2 is 1.00 bits per heavy atom. The maximum Gasteiger partial charge on any atom is 0.245 e. The largest absolute Gasteiger partial charge is 0.343 e. The molecule has 0 aliphatic rings. The van der Waals surface area contributed by atoms with Crippen molar-refractivity contribution in [1.82, 2.24) is 31.9 Å². The van der Waals surface area contributed by atoms with E-state index in [0.717, 1.165) is 10.8 Å². The normalized spacial score (nSPS) is 13.4. The Morgan fingerprint density at radius 1 is 0.540 bits per heavy atom. The maximum atomic E-state index is 14.3. The number of benzene rings is 4. The van der Waals surface area contributed by atoms with Crippen LogP contribution < -0.4 is 37.6 Å². The van der Waals surface area contributed by atoms with Crippen LogP contribution in [0.25, 0.3) is 10.8 Å². The van der Waals surface area contributed by atoms with Crippen molar-refractivity contribution in [2.24, 2.45) is 5.73 Å². The first-order valence-corrected chi connectivity index (χ1v) is 20.6. The molecule has 0 aliphatic carbocycles. The van der Waals surface area contributed by atoms with E-state index >= 15 is 0 Å². The van der Waals surface area contributed by atoms with Crippen molar-refractivity contribution in [3.63, 3.8) is 0 Å². The summed E-state index contributed by atoms with van der Waals surface area (Å²) < 4.78 is 0. The second kappa shape index (κ2) is 20.0. The fraction of sp³-hybridized carbons (Fsp3) is 0.375. The van der Waals surface area contributed by atoms with E-state index in [1.807, 2.05) is 48.5 Å². The van der Waals surface area contributed by atoms with Gasteiger partial charge in [-0.3, -0.25) is 33.6 Å². The molecule has 0 saturated heterocycles. The molecule has 0 radical (unpaired) electrons. The van der Waals surface area contributed by atoms with Crippen molar-refractivity contribution < 1.29 is 38.4 Å². The lowest BCUT2D eigenvalue weighted by Crippen LogP contribution is -2.65. The van der Waals surface area contributed by atoms with E-state index in [1.54, 1.807) is 48.5 Å². The fourth-order valence-corrected chi connectivity index (χ4v) is 6.29. The number of nitrogens with two attached hydrogens (primary N) is 1. The molecule has 334 valence electrons. The van der Waals surface area contributed by atoms with Gasteiger partial charge in [-0.05, 0) is 84.2 Å². The van der Waals surface area contributed by atoms with E-state index in [2.05, 4.69) is 31.9 Å². The number of amides is 6. The minimum Gasteiger partial charge on any atom is -0.343 e. The van der Waals surface area contributed by atoms with Gasteiger partial charge in [0.2, 0.25) is 35.4 Å². The van der Waals surface area contributed by atoms with Crippen molar-refractivity contribution in [1.29, 1.82) is 0 Å². The quantitative estimate of drug-likeness (QED) is 0.0542. The number of rotatable bonds is 19. The number of hydrogen-bond acceptors (Lipinski definition) is 9. The van der Waals surface area contributed by atoms with Crippen LogP contribution in [0, 0.1) is 0 Å². The van der Waals surface area contributed by atoms with Crippen LogP contribution in [0.15, 0.2) is 97.1 Å². The minimum absolute atomic E-state index is 0.0171. The molecule has 15 nitrogen and oxygen atoms in total. The predicted octanol–water partition coefficient (Wildman–Crippen LogP) is 2.95. The minimum atomic E-state index is -1.68. The molecule has 4 rings (SSSR count). The third-order valence-electron chi connectivity index (χ3n) is 10.3. The highest BCUT2D eigenvalue weighted by Crippen LogP contribution is 2.19. The van der Waals surface area contributed by atoms with Crippen molar-refractivity contribution in [2.45, 2.75) is 115 Å². The summed E-state index contributed by atoms with van der Waals surface area (Å²) in [7, 11) is 0. The predicted molar refractivity (Wildman–Crippen MR) is 240 cm³/mol. The Labute approximate surface area is 368 Å². The highest BCUT2D eigenvalue weighted by molar-refractivity contribution is 6.09. The van der Waals surface area contributed by atoms with E-state index < -0.39 is 75.7 Å². The van der Waals surface area contributed by atoms with Crippen molar-refractivity contribution >= 4 is 58.3 Å². The molecule has 4 aromatic rings. The van der Waals surface area contributed by atoms with Gasteiger partial charge >= 0.3 is 0 Å². The number of fused-ring (bicyclic) bond motifs is 1. The van der Waals surface area contributed by atoms with E-state index in [4.69, 9.17) is 5.73 Å². The Kier molecular flexibility index (Phi) is 15.5. The molecule has 15 heteroatoms. The first-order valence-electron chi connectivity index (χ1n) is 20.6. The molecule has 0 spiro atoms. The Hall–Kier alpha value is -6.74. The summed E-state index contributed by atoms with van der Waals surface area (Å²) in [5, 5.41) is 17.8. The molecule has 0 bridgehead atoms. The second-order valence-corrected chi connectivity index (χ2v) is 18.0. The van der Waals surface area contributed by atoms with Crippen LogP contribution in [0.2, 0.25) is 0 Å². The molecular weight excluding hydrogens is 803 g/mol. The summed E-state index contributed by atoms with van der Waals surface area (Å²) in [5.74, 6) is -4.34. The highest BCUT2D eigenvalue weighted by atomic mass is 16.2. The summed E-state index contributed by atoms with van der Waals surface area (Å²) in [5.41, 5.74) is 2.27. The molecule has 6 amide bonds. The first-order chi connectivity index (χ1) is 29.3. The molecule has 8 N–H and O–H groups in total. The fourth-order valence-electron chi connectivity index (χ4n) is 6.29. The lowest BCUT2D eigenvalue weighted by molar-refractivity contribution is -0.138. The zero-order valence-electron chi connectivity index (χ0n) is 37.3. The van der Waals surface area contributed by atoms with Crippen molar-refractivity contribution in [3.05, 3.63) is 119 Å². The smallest absolute Gasteiger partial charge is 0.245 e. The molecule has 63 heavy (non-hydrogen) atoms. The summed E-state index contributed by atoms with van der Waals surface area (Å²) in [6.07, 6.45) is 0.510. The van der Waals surface area contributed by atoms with Gasteiger partial charge in [-0.2, -0.15) is 0 Å². The average Bonchev–Trinajstić information content (AvgIpc) is 3.22. The van der Waals surface area contributed by atoms with Crippen LogP contribution in [0.4, 0.5) is 0 Å². The monoisotopic (exact) mass is 861 g/mol. The number of nitrogens with one attached hydrogen (secondary N) is 6. The number of carbonyl (C=O) groups is 8. The van der Waals surface area contributed by atoms with Crippen LogP contribution in [0.1, 0.15) is 89.4 Å². The van der Waals surface area contributed by atoms with Gasteiger partial charge in [-0.15, -0.1) is 0 Å². The topological polar surface area (TPSA) is 235 Å². The number of carbonyl (C=O) groups excluding carboxylic acids is 8. The number of aldehydes is 1. The zero-order valence-corrected chi connectivity index (χ0v) is 37.3. The van der Waals surface area contributed by atoms with Gasteiger partial charge in [-0.1, -0.05) is 97.1 Å². The standard InChI is InChI=1S/C48H59N7O8/c1-29(50-42(61)46(4,5)49)39(58)54-47(6,7)43(62)52-37(27-31-21-22-32-15-13-14-18-35(32)25-31)41(60)55-48(8,9)44(63)51-36(40(59)53-45(2,3)28-56)26-30-19-23-34(24-20-30)38(57)33-16-11-10-12-17-33/h10-25,28-29,36-37H,26-27,49H2,1-9H3,(H,50,61)(H,51,63)(H,52,62)(H,53,59)(H,54,58)(H,55,60). The molecule has 4 aromatic carbocycles. The van der Waals surface area contributed by atoms with Gasteiger partial charge in [0.05, 0.1) is 11.1 Å². The zero-order chi connectivity index (χ0) is 46.9. The van der Waals surface area contributed by atoms with Crippen LogP contribution >= 0.6 is 0 Å². The molecule has 0 saturated carbocycles. The lowest BCUT2D eigenvalue weighted by atomic mass is 9.96. The van der Waals surface area contributed by atoms with Gasteiger partial charge in [0, 0.05) is 24.0 Å². The van der Waals surface area contributed by atoms with Crippen molar-refractivity contribution in [2.75, 3.05) is 0 Å². The average molecular weight is 862 g/mol. The Balaban J connectivity index is 1.57. The van der Waals surface area contributed by atoms with Gasteiger partial charge in [0.15, 0.2) is 5.78 Å². The van der Waals surface area contributed by atoms with Gasteiger partial charge in [0.1, 0.15) is 35.5 Å². The van der Waals surface area contributed by atoms with Crippen LogP contribution in [-0.4, -0.2) is 87.8 Å². The third kappa shape index (κ3) is 13.6. The molecular formula is C48H59N7O8. The van der Waals surface area contributed by atoms with Crippen molar-refractivity contribution in [3.8, 4) is 0 Å². The Bertz CT molecular complexity index is 2350. The van der Waals surface area contributed by atoms with E-state index in [0.29, 0.717) is 28.5 Å². The first kappa shape index (κ1) is 48.9. The molecule has 0 heterocycles. The summed E-state index contributed by atoms with van der Waals surface area (Å²) in [4.78, 5) is 106. The van der Waals surface area contributed by atoms with Gasteiger partial charge < -0.3 is 42.4 Å². The van der Waals surface area contributed by atoms with Crippen LogP contribution in [-0.2, 0) is 46.4 Å². The molecule has 0 aromatic heterocycles. The third-order valence-corrected chi connectivity index (χ3v) is 10.3. The molecule has 0 aliphatic heterocycles. The van der Waals surface area contributed by atoms with Crippen LogP contribution in [0.3, 0.4) is 0 Å². The summed E-state index contributed by atoms with van der Waals surface area (Å²) in [6, 6.07) is 25.0. The Morgan fingerprint density at radius 3 is 1.54 bits per heavy atom. The van der Waals surface area contributed by atoms with Gasteiger partial charge in [0.25, 0.3) is 0 Å². The lowest BCUT2D eigenvalue weighted by Gasteiger charge is -2.32. The van der Waals surface area contributed by atoms with E-state index in [1.165, 1.54) is 62.3 Å². The van der Waals surface area contributed by atoms with E-state index in [-0.39, 0.29) is 18.6 Å². The maximum absolute atomic E-state index is 14.3. The highest BCUT2D eigenvalue weighted by Gasteiger charge is 2.39. The van der Waals surface area contributed by atoms with Gasteiger partial charge in [-0.25, -0.2) is 0 Å².